The van der Waals surface area contributed by atoms with Crippen molar-refractivity contribution in [3.63, 3.8) is 0 Å². The highest BCUT2D eigenvalue weighted by atomic mass is 35.5. The first-order valence-corrected chi connectivity index (χ1v) is 6.20. The lowest BCUT2D eigenvalue weighted by molar-refractivity contribution is -0.119. The Balaban J connectivity index is 2.08. The lowest BCUT2D eigenvalue weighted by Gasteiger charge is -2.18. The average Bonchev–Trinajstić information content (AvgIpc) is 3.02. The van der Waals surface area contributed by atoms with E-state index in [9.17, 15) is 9.18 Å². The highest BCUT2D eigenvalue weighted by molar-refractivity contribution is 6.27. The zero-order valence-corrected chi connectivity index (χ0v) is 10.5. The van der Waals surface area contributed by atoms with E-state index < -0.39 is 0 Å². The third-order valence-electron chi connectivity index (χ3n) is 3.21. The first-order valence-electron chi connectivity index (χ1n) is 5.67. The summed E-state index contributed by atoms with van der Waals surface area (Å²) in [4.78, 5) is 11.3. The van der Waals surface area contributed by atoms with Crippen LogP contribution in [0, 0.1) is 12.7 Å². The first kappa shape index (κ1) is 12.4. The zero-order valence-electron chi connectivity index (χ0n) is 9.72. The SMILES string of the molecule is Cc1cc(F)ccc1CC1(NC(=O)CCl)CC1. The van der Waals surface area contributed by atoms with Crippen LogP contribution >= 0.6 is 11.6 Å². The smallest absolute Gasteiger partial charge is 0.235 e. The number of alkyl halides is 1. The van der Waals surface area contributed by atoms with Gasteiger partial charge in [0.15, 0.2) is 0 Å². The van der Waals surface area contributed by atoms with Crippen molar-refractivity contribution >= 4 is 17.5 Å². The molecule has 0 atom stereocenters. The van der Waals surface area contributed by atoms with Crippen LogP contribution in [0.4, 0.5) is 4.39 Å². The lowest BCUT2D eigenvalue weighted by atomic mass is 9.99. The summed E-state index contributed by atoms with van der Waals surface area (Å²) in [6, 6.07) is 4.77. The van der Waals surface area contributed by atoms with Gasteiger partial charge in [-0.3, -0.25) is 4.79 Å². The van der Waals surface area contributed by atoms with Gasteiger partial charge in [0.1, 0.15) is 11.7 Å². The topological polar surface area (TPSA) is 29.1 Å². The third-order valence-corrected chi connectivity index (χ3v) is 3.46. The molecular weight excluding hydrogens is 241 g/mol. The Morgan fingerprint density at radius 3 is 2.76 bits per heavy atom. The summed E-state index contributed by atoms with van der Waals surface area (Å²) in [5, 5.41) is 2.94. The van der Waals surface area contributed by atoms with Crippen LogP contribution in [0.3, 0.4) is 0 Å². The van der Waals surface area contributed by atoms with Gasteiger partial charge in [-0.2, -0.15) is 0 Å². The number of halogens is 2. The number of hydrogen-bond donors (Lipinski definition) is 1. The maximum Gasteiger partial charge on any atom is 0.235 e. The molecule has 1 N–H and O–H groups in total. The highest BCUT2D eigenvalue weighted by Crippen LogP contribution is 2.39. The summed E-state index contributed by atoms with van der Waals surface area (Å²) >= 11 is 5.48. The van der Waals surface area contributed by atoms with E-state index >= 15 is 0 Å². The number of amides is 1. The van der Waals surface area contributed by atoms with Crippen LogP contribution < -0.4 is 5.32 Å². The maximum absolute atomic E-state index is 13.0. The summed E-state index contributed by atoms with van der Waals surface area (Å²) in [6.45, 7) is 1.89. The van der Waals surface area contributed by atoms with Gasteiger partial charge in [-0.25, -0.2) is 4.39 Å². The molecule has 0 radical (unpaired) electrons. The van der Waals surface area contributed by atoms with E-state index in [-0.39, 0.29) is 23.1 Å². The van der Waals surface area contributed by atoms with E-state index in [0.29, 0.717) is 0 Å². The van der Waals surface area contributed by atoms with Crippen LogP contribution in [0.5, 0.6) is 0 Å². The molecule has 0 saturated heterocycles. The molecular formula is C13H15ClFNO. The minimum Gasteiger partial charge on any atom is -0.349 e. The Hall–Kier alpha value is -1.09. The van der Waals surface area contributed by atoms with Crippen molar-refractivity contribution in [1.82, 2.24) is 5.32 Å². The summed E-state index contributed by atoms with van der Waals surface area (Å²) in [6.07, 6.45) is 2.68. The van der Waals surface area contributed by atoms with Gasteiger partial charge >= 0.3 is 0 Å². The lowest BCUT2D eigenvalue weighted by Crippen LogP contribution is -2.39. The fourth-order valence-corrected chi connectivity index (χ4v) is 2.12. The molecule has 0 unspecified atom stereocenters. The fraction of sp³-hybridized carbons (Fsp3) is 0.462. The van der Waals surface area contributed by atoms with Gasteiger partial charge in [0.05, 0.1) is 0 Å². The molecule has 0 aliphatic heterocycles. The molecule has 1 aliphatic rings. The molecule has 0 bridgehead atoms. The molecule has 1 aliphatic carbocycles. The molecule has 4 heteroatoms. The van der Waals surface area contributed by atoms with E-state index in [4.69, 9.17) is 11.6 Å². The second-order valence-corrected chi connectivity index (χ2v) is 4.98. The molecule has 1 fully saturated rings. The Kier molecular flexibility index (Phi) is 3.38. The summed E-state index contributed by atoms with van der Waals surface area (Å²) < 4.78 is 13.0. The first-order chi connectivity index (χ1) is 8.04. The van der Waals surface area contributed by atoms with Gasteiger partial charge in [-0.05, 0) is 49.4 Å². The highest BCUT2D eigenvalue weighted by Gasteiger charge is 2.43. The second kappa shape index (κ2) is 4.65. The molecule has 17 heavy (non-hydrogen) atoms. The van der Waals surface area contributed by atoms with Gasteiger partial charge in [0.25, 0.3) is 0 Å². The third kappa shape index (κ3) is 2.97. The van der Waals surface area contributed by atoms with Crippen molar-refractivity contribution in [2.24, 2.45) is 0 Å². The van der Waals surface area contributed by atoms with Crippen LogP contribution in [-0.4, -0.2) is 17.3 Å². The minimum absolute atomic E-state index is 0.00977. The predicted molar refractivity (Wildman–Crippen MR) is 65.7 cm³/mol. The number of aryl methyl sites for hydroxylation is 1. The normalized spacial score (nSPS) is 16.6. The van der Waals surface area contributed by atoms with E-state index in [1.54, 1.807) is 6.07 Å². The summed E-state index contributed by atoms with van der Waals surface area (Å²) in [5.41, 5.74) is 1.87. The van der Waals surface area contributed by atoms with E-state index in [1.165, 1.54) is 12.1 Å². The van der Waals surface area contributed by atoms with E-state index in [2.05, 4.69) is 5.32 Å². The van der Waals surface area contributed by atoms with Crippen molar-refractivity contribution in [3.05, 3.63) is 35.1 Å². The number of benzene rings is 1. The molecule has 1 aromatic rings. The predicted octanol–water partition coefficient (Wildman–Crippen LogP) is 2.56. The van der Waals surface area contributed by atoms with Crippen molar-refractivity contribution in [2.75, 3.05) is 5.88 Å². The van der Waals surface area contributed by atoms with Gasteiger partial charge in [-0.15, -0.1) is 11.6 Å². The van der Waals surface area contributed by atoms with Crippen LogP contribution in [0.15, 0.2) is 18.2 Å². The van der Waals surface area contributed by atoms with Crippen molar-refractivity contribution in [2.45, 2.75) is 31.7 Å². The van der Waals surface area contributed by atoms with Gasteiger partial charge in [0.2, 0.25) is 5.91 Å². The number of hydrogen-bond acceptors (Lipinski definition) is 1. The number of rotatable bonds is 4. The van der Waals surface area contributed by atoms with E-state index in [1.807, 2.05) is 6.92 Å². The second-order valence-electron chi connectivity index (χ2n) is 4.71. The maximum atomic E-state index is 13.0. The van der Waals surface area contributed by atoms with Crippen LogP contribution in [0.25, 0.3) is 0 Å². The molecule has 1 aromatic carbocycles. The molecule has 1 saturated carbocycles. The average molecular weight is 256 g/mol. The largest absolute Gasteiger partial charge is 0.349 e. The van der Waals surface area contributed by atoms with Gasteiger partial charge in [-0.1, -0.05) is 6.07 Å². The molecule has 0 spiro atoms. The Labute approximate surface area is 105 Å². The monoisotopic (exact) mass is 255 g/mol. The van der Waals surface area contributed by atoms with Crippen molar-refractivity contribution < 1.29 is 9.18 Å². The minimum atomic E-state index is -0.221. The quantitative estimate of drug-likeness (QED) is 0.824. The molecule has 0 aromatic heterocycles. The van der Waals surface area contributed by atoms with E-state index in [0.717, 1.165) is 30.4 Å². The molecule has 1 amide bonds. The number of carbonyl (C=O) groups is 1. The number of nitrogens with one attached hydrogen (secondary N) is 1. The summed E-state index contributed by atoms with van der Waals surface area (Å²) in [7, 11) is 0. The molecule has 2 rings (SSSR count). The molecule has 2 nitrogen and oxygen atoms in total. The fourth-order valence-electron chi connectivity index (χ4n) is 2.05. The van der Waals surface area contributed by atoms with Crippen molar-refractivity contribution in [3.8, 4) is 0 Å². The standard InChI is InChI=1S/C13H15ClFNO/c1-9-6-11(15)3-2-10(9)7-13(4-5-13)16-12(17)8-14/h2-3,6H,4-5,7-8H2,1H3,(H,16,17). The van der Waals surface area contributed by atoms with Crippen LogP contribution in [0.1, 0.15) is 24.0 Å². The Morgan fingerprint density at radius 1 is 1.53 bits per heavy atom. The molecule has 0 heterocycles. The summed E-state index contributed by atoms with van der Waals surface area (Å²) in [5.74, 6) is -0.366. The number of carbonyl (C=O) groups excluding carboxylic acids is 1. The van der Waals surface area contributed by atoms with Crippen molar-refractivity contribution in [1.29, 1.82) is 0 Å². The van der Waals surface area contributed by atoms with Crippen LogP contribution in [-0.2, 0) is 11.2 Å². The van der Waals surface area contributed by atoms with Gasteiger partial charge < -0.3 is 5.32 Å². The Morgan fingerprint density at radius 2 is 2.24 bits per heavy atom. The van der Waals surface area contributed by atoms with Crippen LogP contribution in [0.2, 0.25) is 0 Å². The van der Waals surface area contributed by atoms with Gasteiger partial charge in [0, 0.05) is 5.54 Å². The Bertz CT molecular complexity index is 443. The molecule has 92 valence electrons. The zero-order chi connectivity index (χ0) is 12.5.